The normalized spacial score (nSPS) is 39.4. The highest BCUT2D eigenvalue weighted by molar-refractivity contribution is 6.21. The first-order valence-corrected chi connectivity index (χ1v) is 8.25. The van der Waals surface area contributed by atoms with Gasteiger partial charge < -0.3 is 0 Å². The van der Waals surface area contributed by atoms with E-state index in [9.17, 15) is 14.4 Å². The first kappa shape index (κ1) is 13.2. The van der Waals surface area contributed by atoms with Crippen molar-refractivity contribution in [3.05, 3.63) is 47.5 Å². The van der Waals surface area contributed by atoms with Crippen LogP contribution in [0.15, 0.2) is 36.4 Å². The Kier molecular flexibility index (Phi) is 2.41. The van der Waals surface area contributed by atoms with Crippen molar-refractivity contribution in [3.63, 3.8) is 0 Å². The summed E-state index contributed by atoms with van der Waals surface area (Å²) < 4.78 is 0. The van der Waals surface area contributed by atoms with E-state index < -0.39 is 5.91 Å². The summed E-state index contributed by atoms with van der Waals surface area (Å²) in [6.45, 7) is 1.94. The van der Waals surface area contributed by atoms with Gasteiger partial charge in [0.2, 0.25) is 11.8 Å². The van der Waals surface area contributed by atoms with Crippen LogP contribution in [0.5, 0.6) is 0 Å². The highest BCUT2D eigenvalue weighted by Crippen LogP contribution is 2.65. The number of hydrogen-bond acceptors (Lipinski definition) is 3. The van der Waals surface area contributed by atoms with Crippen LogP contribution in [0.2, 0.25) is 0 Å². The number of amides is 3. The molecule has 116 valence electrons. The first-order valence-electron chi connectivity index (χ1n) is 8.25. The van der Waals surface area contributed by atoms with Gasteiger partial charge in [0.05, 0.1) is 11.8 Å². The van der Waals surface area contributed by atoms with Gasteiger partial charge in [0.15, 0.2) is 0 Å². The first-order chi connectivity index (χ1) is 11.1. The molecule has 3 amide bonds. The molecule has 2 saturated carbocycles. The van der Waals surface area contributed by atoms with Crippen LogP contribution < -0.4 is 0 Å². The van der Waals surface area contributed by atoms with Crippen LogP contribution in [0.25, 0.3) is 0 Å². The SMILES string of the molecule is Cc1ccc(C(=O)N2C(=O)[C@@H]3[C@H]4C=C[C@@H]([C@@H]5C[C@H]45)[C@@H]3C2=O)cc1. The summed E-state index contributed by atoms with van der Waals surface area (Å²) in [5, 5.41) is 0. The predicted molar refractivity (Wildman–Crippen MR) is 82.1 cm³/mol. The molecular formula is C19H17NO3. The molecular weight excluding hydrogens is 290 g/mol. The van der Waals surface area contributed by atoms with E-state index in [2.05, 4.69) is 12.2 Å². The van der Waals surface area contributed by atoms with E-state index in [-0.39, 0.29) is 35.5 Å². The fraction of sp³-hybridized carbons (Fsp3) is 0.421. The highest BCUT2D eigenvalue weighted by Gasteiger charge is 2.67. The van der Waals surface area contributed by atoms with Crippen LogP contribution in [0, 0.1) is 42.4 Å². The number of likely N-dealkylation sites (tertiary alicyclic amines) is 1. The summed E-state index contributed by atoms with van der Waals surface area (Å²) in [7, 11) is 0. The fourth-order valence-corrected chi connectivity index (χ4v) is 4.98. The van der Waals surface area contributed by atoms with Crippen LogP contribution in [0.3, 0.4) is 0 Å². The molecule has 1 aliphatic heterocycles. The Morgan fingerprint density at radius 3 is 2.00 bits per heavy atom. The number of hydrogen-bond donors (Lipinski definition) is 0. The topological polar surface area (TPSA) is 54.5 Å². The third-order valence-corrected chi connectivity index (χ3v) is 6.16. The van der Waals surface area contributed by atoms with Crippen LogP contribution in [0.1, 0.15) is 22.3 Å². The third-order valence-electron chi connectivity index (χ3n) is 6.16. The summed E-state index contributed by atoms with van der Waals surface area (Å²) in [5.41, 5.74) is 1.44. The second-order valence-electron chi connectivity index (χ2n) is 7.34. The van der Waals surface area contributed by atoms with Crippen LogP contribution in [-0.4, -0.2) is 22.6 Å². The zero-order chi connectivity index (χ0) is 15.9. The molecule has 0 N–H and O–H groups in total. The molecule has 0 radical (unpaired) electrons. The van der Waals surface area contributed by atoms with Crippen molar-refractivity contribution in [2.45, 2.75) is 13.3 Å². The molecule has 1 aromatic rings. The molecule has 2 bridgehead atoms. The van der Waals surface area contributed by atoms with Gasteiger partial charge in [-0.05, 0) is 49.1 Å². The van der Waals surface area contributed by atoms with Gasteiger partial charge >= 0.3 is 0 Å². The molecule has 0 unspecified atom stereocenters. The molecule has 23 heavy (non-hydrogen) atoms. The molecule has 1 saturated heterocycles. The maximum atomic E-state index is 12.8. The van der Waals surface area contributed by atoms with Crippen molar-refractivity contribution < 1.29 is 14.4 Å². The van der Waals surface area contributed by atoms with E-state index in [1.165, 1.54) is 0 Å². The Bertz CT molecular complexity index is 742. The summed E-state index contributed by atoms with van der Waals surface area (Å²) in [5.74, 6) is -0.237. The molecule has 4 aliphatic carbocycles. The van der Waals surface area contributed by atoms with Crippen LogP contribution in [0.4, 0.5) is 0 Å². The minimum absolute atomic E-state index is 0.155. The summed E-state index contributed by atoms with van der Waals surface area (Å²) in [4.78, 5) is 39.3. The van der Waals surface area contributed by atoms with Crippen molar-refractivity contribution in [2.75, 3.05) is 0 Å². The van der Waals surface area contributed by atoms with E-state index >= 15 is 0 Å². The smallest absolute Gasteiger partial charge is 0.267 e. The predicted octanol–water partition coefficient (Wildman–Crippen LogP) is 2.19. The number of aryl methyl sites for hydroxylation is 1. The number of allylic oxidation sites excluding steroid dienone is 2. The lowest BCUT2D eigenvalue weighted by atomic mass is 9.63. The minimum Gasteiger partial charge on any atom is -0.274 e. The Labute approximate surface area is 134 Å². The van der Waals surface area contributed by atoms with Crippen LogP contribution >= 0.6 is 0 Å². The molecule has 4 nitrogen and oxygen atoms in total. The second kappa shape index (κ2) is 4.19. The third kappa shape index (κ3) is 1.58. The van der Waals surface area contributed by atoms with E-state index in [0.29, 0.717) is 17.4 Å². The van der Waals surface area contributed by atoms with Gasteiger partial charge in [0.25, 0.3) is 5.91 Å². The van der Waals surface area contributed by atoms with Crippen molar-refractivity contribution >= 4 is 17.7 Å². The number of benzene rings is 1. The van der Waals surface area contributed by atoms with Crippen molar-refractivity contribution in [1.82, 2.24) is 4.90 Å². The average molecular weight is 307 g/mol. The number of carbonyl (C=O) groups excluding carboxylic acids is 3. The van der Waals surface area contributed by atoms with Gasteiger partial charge in [-0.25, -0.2) is 4.90 Å². The maximum Gasteiger partial charge on any atom is 0.267 e. The standard InChI is InChI=1S/C19H17NO3/c1-9-2-4-10(5-3-9)17(21)20-18(22)15-11-6-7-12(14-8-13(11)14)16(15)19(20)23/h2-7,11-16H,8H2,1H3/t11-,12-,13-,14+,15-,16+/m0/s1. The maximum absolute atomic E-state index is 12.8. The molecule has 4 heteroatoms. The van der Waals surface area contributed by atoms with Crippen molar-refractivity contribution in [1.29, 1.82) is 0 Å². The average Bonchev–Trinajstić information content (AvgIpc) is 3.32. The van der Waals surface area contributed by atoms with Gasteiger partial charge in [0.1, 0.15) is 0 Å². The van der Waals surface area contributed by atoms with Gasteiger partial charge in [-0.2, -0.15) is 0 Å². The molecule has 1 aromatic carbocycles. The Morgan fingerprint density at radius 1 is 0.957 bits per heavy atom. The van der Waals surface area contributed by atoms with Crippen LogP contribution in [-0.2, 0) is 9.59 Å². The number of carbonyl (C=O) groups is 3. The number of rotatable bonds is 1. The summed E-state index contributed by atoms with van der Waals surface area (Å²) >= 11 is 0. The zero-order valence-electron chi connectivity index (χ0n) is 12.8. The molecule has 5 aliphatic rings. The largest absolute Gasteiger partial charge is 0.274 e. The molecule has 0 aromatic heterocycles. The fourth-order valence-electron chi connectivity index (χ4n) is 4.98. The molecule has 1 heterocycles. The van der Waals surface area contributed by atoms with Crippen molar-refractivity contribution in [2.24, 2.45) is 35.5 Å². The van der Waals surface area contributed by atoms with Crippen molar-refractivity contribution in [3.8, 4) is 0 Å². The van der Waals surface area contributed by atoms with E-state index in [4.69, 9.17) is 0 Å². The van der Waals surface area contributed by atoms with E-state index in [1.54, 1.807) is 12.1 Å². The Balaban J connectivity index is 1.52. The quantitative estimate of drug-likeness (QED) is 0.590. The molecule has 3 fully saturated rings. The van der Waals surface area contributed by atoms with E-state index in [0.717, 1.165) is 16.9 Å². The van der Waals surface area contributed by atoms with Gasteiger partial charge in [-0.15, -0.1) is 0 Å². The lowest BCUT2D eigenvalue weighted by molar-refractivity contribution is -0.136. The highest BCUT2D eigenvalue weighted by atomic mass is 16.2. The number of imide groups is 3. The Morgan fingerprint density at radius 2 is 1.48 bits per heavy atom. The van der Waals surface area contributed by atoms with E-state index in [1.807, 2.05) is 19.1 Å². The summed E-state index contributed by atoms with van der Waals surface area (Å²) in [6.07, 6.45) is 5.36. The minimum atomic E-state index is -0.470. The lowest BCUT2D eigenvalue weighted by Gasteiger charge is -2.37. The second-order valence-corrected chi connectivity index (χ2v) is 7.34. The van der Waals surface area contributed by atoms with Gasteiger partial charge in [-0.1, -0.05) is 29.8 Å². The zero-order valence-corrected chi connectivity index (χ0v) is 12.8. The monoisotopic (exact) mass is 307 g/mol. The van der Waals surface area contributed by atoms with Gasteiger partial charge in [-0.3, -0.25) is 14.4 Å². The molecule has 6 rings (SSSR count). The number of nitrogens with zero attached hydrogens (tertiary/aromatic N) is 1. The molecule has 6 atom stereocenters. The Hall–Kier alpha value is -2.23. The van der Waals surface area contributed by atoms with Gasteiger partial charge in [0, 0.05) is 5.56 Å². The molecule has 0 spiro atoms. The summed E-state index contributed by atoms with van der Waals surface area (Å²) in [6, 6.07) is 7.02. The lowest BCUT2D eigenvalue weighted by Crippen LogP contribution is -2.40.